The number of carbonyl (C=O) groups is 1. The third-order valence-corrected chi connectivity index (χ3v) is 5.01. The van der Waals surface area contributed by atoms with Crippen LogP contribution >= 0.6 is 0 Å². The molecule has 3 heteroatoms. The Bertz CT molecular complexity index is 544. The molecule has 0 bridgehead atoms. The van der Waals surface area contributed by atoms with Gasteiger partial charge in [0.25, 0.3) is 0 Å². The van der Waals surface area contributed by atoms with Crippen LogP contribution in [-0.4, -0.2) is 25.5 Å². The van der Waals surface area contributed by atoms with Crippen LogP contribution in [-0.2, 0) is 11.2 Å². The third-order valence-electron chi connectivity index (χ3n) is 5.01. The molecule has 0 aliphatic carbocycles. The van der Waals surface area contributed by atoms with E-state index in [-0.39, 0.29) is 5.91 Å². The zero-order valence-electron chi connectivity index (χ0n) is 12.8. The predicted molar refractivity (Wildman–Crippen MR) is 82.2 cm³/mol. The molecule has 1 aromatic rings. The highest BCUT2D eigenvalue weighted by molar-refractivity contribution is 5.93. The molecule has 0 saturated carbocycles. The summed E-state index contributed by atoms with van der Waals surface area (Å²) in [4.78, 5) is 14.0. The van der Waals surface area contributed by atoms with E-state index in [2.05, 4.69) is 31.3 Å². The number of aryl methyl sites for hydroxylation is 2. The Morgan fingerprint density at radius 1 is 1.30 bits per heavy atom. The van der Waals surface area contributed by atoms with Crippen LogP contribution in [0, 0.1) is 19.3 Å². The van der Waals surface area contributed by atoms with Gasteiger partial charge in [0.05, 0.1) is 0 Å². The SMILES string of the molecule is CC(=O)N1CCC2(CCNC2)Cc2c(C)cc(C)cc21. The molecule has 2 aliphatic heterocycles. The van der Waals surface area contributed by atoms with Gasteiger partial charge in [-0.25, -0.2) is 0 Å². The summed E-state index contributed by atoms with van der Waals surface area (Å²) in [5, 5.41) is 3.51. The van der Waals surface area contributed by atoms with Gasteiger partial charge < -0.3 is 10.2 Å². The number of hydrogen-bond donors (Lipinski definition) is 1. The maximum atomic E-state index is 12.1. The van der Waals surface area contributed by atoms with Crippen LogP contribution in [0.15, 0.2) is 12.1 Å². The number of amides is 1. The molecule has 3 nitrogen and oxygen atoms in total. The second-order valence-corrected chi connectivity index (χ2v) is 6.60. The minimum absolute atomic E-state index is 0.166. The number of nitrogens with zero attached hydrogens (tertiary/aromatic N) is 1. The summed E-state index contributed by atoms with van der Waals surface area (Å²) in [7, 11) is 0. The first-order valence-corrected chi connectivity index (χ1v) is 7.60. The zero-order valence-corrected chi connectivity index (χ0v) is 12.8. The molecule has 20 heavy (non-hydrogen) atoms. The van der Waals surface area contributed by atoms with Crippen molar-refractivity contribution in [2.75, 3.05) is 24.5 Å². The van der Waals surface area contributed by atoms with Crippen LogP contribution in [0.1, 0.15) is 36.5 Å². The lowest BCUT2D eigenvalue weighted by atomic mass is 9.77. The number of hydrogen-bond acceptors (Lipinski definition) is 2. The van der Waals surface area contributed by atoms with Crippen LogP contribution < -0.4 is 10.2 Å². The Hall–Kier alpha value is -1.35. The lowest BCUT2D eigenvalue weighted by molar-refractivity contribution is -0.116. The quantitative estimate of drug-likeness (QED) is 0.787. The van der Waals surface area contributed by atoms with Crippen molar-refractivity contribution in [2.45, 2.75) is 40.0 Å². The molecule has 3 rings (SSSR count). The van der Waals surface area contributed by atoms with E-state index in [4.69, 9.17) is 0 Å². The number of fused-ring (bicyclic) bond motifs is 1. The Balaban J connectivity index is 2.10. The van der Waals surface area contributed by atoms with Crippen LogP contribution in [0.4, 0.5) is 5.69 Å². The fourth-order valence-corrected chi connectivity index (χ4v) is 3.87. The van der Waals surface area contributed by atoms with Crippen molar-refractivity contribution < 1.29 is 4.79 Å². The minimum Gasteiger partial charge on any atom is -0.316 e. The van der Waals surface area contributed by atoms with E-state index in [0.717, 1.165) is 38.2 Å². The molecule has 1 N–H and O–H groups in total. The molecular formula is C17H24N2O. The molecule has 1 spiro atoms. The van der Waals surface area contributed by atoms with Crippen molar-refractivity contribution in [1.29, 1.82) is 0 Å². The smallest absolute Gasteiger partial charge is 0.223 e. The largest absolute Gasteiger partial charge is 0.316 e. The molecule has 108 valence electrons. The van der Waals surface area contributed by atoms with Crippen molar-refractivity contribution in [3.8, 4) is 0 Å². The van der Waals surface area contributed by atoms with E-state index in [9.17, 15) is 4.79 Å². The summed E-state index contributed by atoms with van der Waals surface area (Å²) in [5.41, 5.74) is 5.46. The Morgan fingerprint density at radius 2 is 2.10 bits per heavy atom. The van der Waals surface area contributed by atoms with Gasteiger partial charge in [-0.2, -0.15) is 0 Å². The molecule has 1 amide bonds. The zero-order chi connectivity index (χ0) is 14.3. The number of rotatable bonds is 0. The summed E-state index contributed by atoms with van der Waals surface area (Å²) >= 11 is 0. The van der Waals surface area contributed by atoms with E-state index in [1.54, 1.807) is 6.92 Å². The highest BCUT2D eigenvalue weighted by Gasteiger charge is 2.38. The average Bonchev–Trinajstić information content (AvgIpc) is 2.74. The van der Waals surface area contributed by atoms with E-state index in [1.807, 2.05) is 4.90 Å². The molecule has 1 aromatic carbocycles. The molecular weight excluding hydrogens is 248 g/mol. The van der Waals surface area contributed by atoms with Crippen LogP contribution in [0.2, 0.25) is 0 Å². The van der Waals surface area contributed by atoms with Crippen molar-refractivity contribution in [1.82, 2.24) is 5.32 Å². The van der Waals surface area contributed by atoms with Gasteiger partial charge in [0.1, 0.15) is 0 Å². The number of benzene rings is 1. The van der Waals surface area contributed by atoms with E-state index < -0.39 is 0 Å². The van der Waals surface area contributed by atoms with Crippen molar-refractivity contribution in [3.05, 3.63) is 28.8 Å². The van der Waals surface area contributed by atoms with E-state index in [0.29, 0.717) is 5.41 Å². The summed E-state index contributed by atoms with van der Waals surface area (Å²) in [6.07, 6.45) is 3.43. The highest BCUT2D eigenvalue weighted by Crippen LogP contribution is 2.41. The summed E-state index contributed by atoms with van der Waals surface area (Å²) < 4.78 is 0. The number of nitrogens with one attached hydrogen (secondary N) is 1. The second-order valence-electron chi connectivity index (χ2n) is 6.60. The fourth-order valence-electron chi connectivity index (χ4n) is 3.87. The lowest BCUT2D eigenvalue weighted by Crippen LogP contribution is -2.32. The van der Waals surface area contributed by atoms with Gasteiger partial charge >= 0.3 is 0 Å². The topological polar surface area (TPSA) is 32.3 Å². The maximum Gasteiger partial charge on any atom is 0.223 e. The van der Waals surface area contributed by atoms with E-state index >= 15 is 0 Å². The fraction of sp³-hybridized carbons (Fsp3) is 0.588. The van der Waals surface area contributed by atoms with Crippen molar-refractivity contribution in [3.63, 3.8) is 0 Å². The first kappa shape index (κ1) is 13.6. The molecule has 0 radical (unpaired) electrons. The van der Waals surface area contributed by atoms with Crippen LogP contribution in [0.25, 0.3) is 0 Å². The average molecular weight is 272 g/mol. The molecule has 2 aliphatic rings. The van der Waals surface area contributed by atoms with Crippen LogP contribution in [0.5, 0.6) is 0 Å². The molecule has 0 aromatic heterocycles. The summed E-state index contributed by atoms with van der Waals surface area (Å²) in [5.74, 6) is 0.166. The Morgan fingerprint density at radius 3 is 2.75 bits per heavy atom. The van der Waals surface area contributed by atoms with Crippen molar-refractivity contribution in [2.24, 2.45) is 5.41 Å². The van der Waals surface area contributed by atoms with Gasteiger partial charge in [0, 0.05) is 25.7 Å². The number of anilines is 1. The van der Waals surface area contributed by atoms with Gasteiger partial charge in [0.2, 0.25) is 5.91 Å². The highest BCUT2D eigenvalue weighted by atomic mass is 16.2. The summed E-state index contributed by atoms with van der Waals surface area (Å²) in [6, 6.07) is 4.43. The maximum absolute atomic E-state index is 12.1. The molecule has 1 fully saturated rings. The molecule has 1 saturated heterocycles. The van der Waals surface area contributed by atoms with Gasteiger partial charge in [-0.1, -0.05) is 6.07 Å². The second kappa shape index (κ2) is 4.88. The lowest BCUT2D eigenvalue weighted by Gasteiger charge is -2.27. The first-order chi connectivity index (χ1) is 9.51. The normalized spacial score (nSPS) is 25.6. The molecule has 2 heterocycles. The Labute approximate surface area is 121 Å². The van der Waals surface area contributed by atoms with Crippen molar-refractivity contribution >= 4 is 11.6 Å². The van der Waals surface area contributed by atoms with Gasteiger partial charge in [-0.05, 0) is 67.8 Å². The predicted octanol–water partition coefficient (Wildman–Crippen LogP) is 2.58. The molecule has 1 unspecified atom stereocenters. The first-order valence-electron chi connectivity index (χ1n) is 7.60. The standard InChI is InChI=1S/C17H24N2O/c1-12-8-13(2)15-10-17(4-6-18-11-17)5-7-19(14(3)20)16(15)9-12/h8-9,18H,4-7,10-11H2,1-3H3. The number of carbonyl (C=O) groups excluding carboxylic acids is 1. The van der Waals surface area contributed by atoms with Gasteiger partial charge in [-0.3, -0.25) is 4.79 Å². The van der Waals surface area contributed by atoms with Crippen LogP contribution in [0.3, 0.4) is 0 Å². The van der Waals surface area contributed by atoms with Gasteiger partial charge in [0.15, 0.2) is 0 Å². The minimum atomic E-state index is 0.166. The third kappa shape index (κ3) is 2.24. The summed E-state index contributed by atoms with van der Waals surface area (Å²) in [6.45, 7) is 9.04. The Kier molecular flexibility index (Phi) is 3.33. The van der Waals surface area contributed by atoms with E-state index in [1.165, 1.54) is 23.1 Å². The molecule has 1 atom stereocenters. The van der Waals surface area contributed by atoms with Gasteiger partial charge in [-0.15, -0.1) is 0 Å². The monoisotopic (exact) mass is 272 g/mol.